The van der Waals surface area contributed by atoms with Crippen LogP contribution in [-0.4, -0.2) is 23.0 Å². The van der Waals surface area contributed by atoms with Crippen molar-refractivity contribution in [3.05, 3.63) is 32.4 Å². The highest BCUT2D eigenvalue weighted by Gasteiger charge is 2.13. The highest BCUT2D eigenvalue weighted by atomic mass is 79.9. The molecule has 6 nitrogen and oxygen atoms in total. The minimum absolute atomic E-state index is 0.0154. The summed E-state index contributed by atoms with van der Waals surface area (Å²) in [6, 6.07) is 2.77. The standard InChI is InChI=1S/C8H7BrN2O4/c1-15-8(12)4-5-2-6(9)10-7(3-5)11(13)14/h2-3H,4H2,1H3. The summed E-state index contributed by atoms with van der Waals surface area (Å²) in [6.07, 6.45) is -0.0154. The molecule has 0 radical (unpaired) electrons. The van der Waals surface area contributed by atoms with Gasteiger partial charge in [-0.15, -0.1) is 0 Å². The number of aromatic nitrogens is 1. The molecule has 0 aromatic carbocycles. The summed E-state index contributed by atoms with van der Waals surface area (Å²) in [7, 11) is 1.26. The second kappa shape index (κ2) is 4.83. The Morgan fingerprint density at radius 1 is 1.67 bits per heavy atom. The lowest BCUT2D eigenvalue weighted by Gasteiger charge is -1.99. The lowest BCUT2D eigenvalue weighted by molar-refractivity contribution is -0.389. The van der Waals surface area contributed by atoms with E-state index >= 15 is 0 Å². The zero-order valence-electron chi connectivity index (χ0n) is 7.77. The fraction of sp³-hybridized carbons (Fsp3) is 0.250. The van der Waals surface area contributed by atoms with E-state index in [1.165, 1.54) is 19.2 Å². The van der Waals surface area contributed by atoms with E-state index in [1.54, 1.807) is 0 Å². The number of esters is 1. The van der Waals surface area contributed by atoms with E-state index in [0.717, 1.165) is 0 Å². The van der Waals surface area contributed by atoms with Gasteiger partial charge in [0.05, 0.1) is 13.5 Å². The van der Waals surface area contributed by atoms with Crippen molar-refractivity contribution < 1.29 is 14.5 Å². The predicted molar refractivity (Wildman–Crippen MR) is 54.3 cm³/mol. The summed E-state index contributed by atoms with van der Waals surface area (Å²) in [5.41, 5.74) is 0.482. The molecule has 0 atom stereocenters. The van der Waals surface area contributed by atoms with Gasteiger partial charge in [-0.3, -0.25) is 4.79 Å². The SMILES string of the molecule is COC(=O)Cc1cc(Br)nc([N+](=O)[O-])c1. The first kappa shape index (κ1) is 11.6. The Labute approximate surface area is 93.5 Å². The van der Waals surface area contributed by atoms with Crippen molar-refractivity contribution in [2.45, 2.75) is 6.42 Å². The van der Waals surface area contributed by atoms with Crippen molar-refractivity contribution in [3.63, 3.8) is 0 Å². The van der Waals surface area contributed by atoms with Gasteiger partial charge >= 0.3 is 11.8 Å². The number of halogens is 1. The van der Waals surface area contributed by atoms with E-state index in [-0.39, 0.29) is 12.2 Å². The molecule has 0 bridgehead atoms. The van der Waals surface area contributed by atoms with Gasteiger partial charge in [0.15, 0.2) is 0 Å². The minimum atomic E-state index is -0.620. The molecule has 7 heteroatoms. The van der Waals surface area contributed by atoms with Crippen LogP contribution in [0.4, 0.5) is 5.82 Å². The third-order valence-corrected chi connectivity index (χ3v) is 2.01. The maximum absolute atomic E-state index is 10.9. The van der Waals surface area contributed by atoms with Crippen LogP contribution in [-0.2, 0) is 16.0 Å². The molecule has 0 saturated carbocycles. The fourth-order valence-electron chi connectivity index (χ4n) is 0.969. The Bertz CT molecular complexity index is 408. The first-order valence-corrected chi connectivity index (χ1v) is 4.70. The van der Waals surface area contributed by atoms with Crippen LogP contribution >= 0.6 is 15.9 Å². The van der Waals surface area contributed by atoms with Gasteiger partial charge in [0.1, 0.15) is 0 Å². The molecule has 1 aromatic heterocycles. The second-order valence-electron chi connectivity index (χ2n) is 2.67. The summed E-state index contributed by atoms with van der Waals surface area (Å²) in [6.45, 7) is 0. The van der Waals surface area contributed by atoms with Gasteiger partial charge in [-0.2, -0.15) is 0 Å². The summed E-state index contributed by atoms with van der Waals surface area (Å²) in [5.74, 6) is -0.759. The molecule has 0 spiro atoms. The Morgan fingerprint density at radius 3 is 2.87 bits per heavy atom. The van der Waals surface area contributed by atoms with Crippen LogP contribution in [0.25, 0.3) is 0 Å². The molecule has 1 rings (SSSR count). The molecule has 0 aliphatic heterocycles. The zero-order chi connectivity index (χ0) is 11.4. The molecule has 0 aliphatic carbocycles. The zero-order valence-corrected chi connectivity index (χ0v) is 9.35. The van der Waals surface area contributed by atoms with E-state index < -0.39 is 10.9 Å². The van der Waals surface area contributed by atoms with Crippen LogP contribution in [0, 0.1) is 10.1 Å². The Morgan fingerprint density at radius 2 is 2.33 bits per heavy atom. The summed E-state index contributed by atoms with van der Waals surface area (Å²) < 4.78 is 4.77. The molecule has 80 valence electrons. The molecule has 1 aromatic rings. The largest absolute Gasteiger partial charge is 0.469 e. The Kier molecular flexibility index (Phi) is 3.73. The van der Waals surface area contributed by atoms with Crippen LogP contribution in [0.1, 0.15) is 5.56 Å². The van der Waals surface area contributed by atoms with E-state index in [0.29, 0.717) is 10.2 Å². The minimum Gasteiger partial charge on any atom is -0.469 e. The first-order chi connectivity index (χ1) is 7.02. The van der Waals surface area contributed by atoms with Gasteiger partial charge in [0, 0.05) is 28.1 Å². The van der Waals surface area contributed by atoms with E-state index in [9.17, 15) is 14.9 Å². The molecule has 1 heterocycles. The number of hydrogen-bond donors (Lipinski definition) is 0. The molecule has 0 fully saturated rings. The average Bonchev–Trinajstić information content (AvgIpc) is 2.16. The summed E-state index contributed by atoms with van der Waals surface area (Å²) >= 11 is 3.03. The number of nitro groups is 1. The molecular formula is C8H7BrN2O4. The van der Waals surface area contributed by atoms with Crippen molar-refractivity contribution in [3.8, 4) is 0 Å². The van der Waals surface area contributed by atoms with E-state index in [4.69, 9.17) is 0 Å². The number of ether oxygens (including phenoxy) is 1. The van der Waals surface area contributed by atoms with Crippen molar-refractivity contribution in [2.75, 3.05) is 7.11 Å². The monoisotopic (exact) mass is 274 g/mol. The fourth-order valence-corrected chi connectivity index (χ4v) is 1.44. The van der Waals surface area contributed by atoms with Gasteiger partial charge in [0.25, 0.3) is 0 Å². The highest BCUT2D eigenvalue weighted by Crippen LogP contribution is 2.17. The molecule has 0 unspecified atom stereocenters. The first-order valence-electron chi connectivity index (χ1n) is 3.90. The predicted octanol–water partition coefficient (Wildman–Crippen LogP) is 1.47. The Balaban J connectivity index is 2.98. The van der Waals surface area contributed by atoms with Crippen LogP contribution < -0.4 is 0 Å². The number of pyridine rings is 1. The van der Waals surface area contributed by atoms with Crippen LogP contribution in [0.5, 0.6) is 0 Å². The number of nitrogens with zero attached hydrogens (tertiary/aromatic N) is 2. The van der Waals surface area contributed by atoms with Gasteiger partial charge in [0.2, 0.25) is 4.60 Å². The smallest absolute Gasteiger partial charge is 0.364 e. The second-order valence-corrected chi connectivity index (χ2v) is 3.48. The summed E-state index contributed by atoms with van der Waals surface area (Å²) in [5, 5.41) is 10.5. The van der Waals surface area contributed by atoms with Crippen LogP contribution in [0.15, 0.2) is 16.7 Å². The Hall–Kier alpha value is -1.50. The molecule has 0 N–H and O–H groups in total. The third-order valence-electron chi connectivity index (χ3n) is 1.60. The lowest BCUT2D eigenvalue weighted by atomic mass is 10.2. The lowest BCUT2D eigenvalue weighted by Crippen LogP contribution is -2.05. The highest BCUT2D eigenvalue weighted by molar-refractivity contribution is 9.10. The van der Waals surface area contributed by atoms with E-state index in [1.807, 2.05) is 0 Å². The van der Waals surface area contributed by atoms with Crippen molar-refractivity contribution in [1.82, 2.24) is 4.98 Å². The molecular weight excluding hydrogens is 268 g/mol. The summed E-state index contributed by atoms with van der Waals surface area (Å²) in [4.78, 5) is 24.4. The van der Waals surface area contributed by atoms with Crippen molar-refractivity contribution >= 4 is 27.7 Å². The van der Waals surface area contributed by atoms with E-state index in [2.05, 4.69) is 25.7 Å². The average molecular weight is 275 g/mol. The maximum atomic E-state index is 10.9. The molecule has 15 heavy (non-hydrogen) atoms. The third kappa shape index (κ3) is 3.28. The number of methoxy groups -OCH3 is 1. The number of rotatable bonds is 3. The number of hydrogen-bond acceptors (Lipinski definition) is 5. The molecule has 0 saturated heterocycles. The van der Waals surface area contributed by atoms with Crippen LogP contribution in [0.3, 0.4) is 0 Å². The quantitative estimate of drug-likeness (QED) is 0.361. The number of carbonyl (C=O) groups is 1. The van der Waals surface area contributed by atoms with Gasteiger partial charge in [-0.25, -0.2) is 0 Å². The molecule has 0 aliphatic rings. The van der Waals surface area contributed by atoms with Gasteiger partial charge < -0.3 is 14.9 Å². The maximum Gasteiger partial charge on any atom is 0.364 e. The van der Waals surface area contributed by atoms with Crippen LogP contribution in [0.2, 0.25) is 0 Å². The number of carbonyl (C=O) groups excluding carboxylic acids is 1. The van der Waals surface area contributed by atoms with Crippen molar-refractivity contribution in [2.24, 2.45) is 0 Å². The topological polar surface area (TPSA) is 82.3 Å². The normalized spacial score (nSPS) is 9.73. The van der Waals surface area contributed by atoms with Gasteiger partial charge in [-0.05, 0) is 15.5 Å². The van der Waals surface area contributed by atoms with Crippen molar-refractivity contribution in [1.29, 1.82) is 0 Å². The molecule has 0 amide bonds. The van der Waals surface area contributed by atoms with Gasteiger partial charge in [-0.1, -0.05) is 0 Å².